The van der Waals surface area contributed by atoms with Gasteiger partial charge in [0.25, 0.3) is 0 Å². The molecule has 0 unspecified atom stereocenters. The molecule has 0 spiro atoms. The number of carbonyl (C=O) groups excluding carboxylic acids is 1. The Bertz CT molecular complexity index is 212. The van der Waals surface area contributed by atoms with Gasteiger partial charge >= 0.3 is 0 Å². The second-order valence-corrected chi connectivity index (χ2v) is 7.32. The zero-order valence-corrected chi connectivity index (χ0v) is 16.1. The van der Waals surface area contributed by atoms with Crippen LogP contribution in [-0.4, -0.2) is 6.29 Å². The third-order valence-corrected chi connectivity index (χ3v) is 4.93. The molecule has 0 bridgehead atoms. The smallest absolute Gasteiger partial charge is 0.119 e. The van der Waals surface area contributed by atoms with Crippen LogP contribution in [0.15, 0.2) is 0 Å². The lowest BCUT2D eigenvalue weighted by Crippen LogP contribution is -1.84. The molecule has 0 saturated carbocycles. The van der Waals surface area contributed by atoms with Crippen LogP contribution in [0.4, 0.5) is 0 Å². The van der Waals surface area contributed by atoms with Crippen LogP contribution in [0.2, 0.25) is 0 Å². The van der Waals surface area contributed by atoms with E-state index in [1.54, 1.807) is 0 Å². The molecule has 1 nitrogen and oxygen atoms in total. The van der Waals surface area contributed by atoms with E-state index in [1.807, 2.05) is 0 Å². The molecule has 1 heteroatoms. The van der Waals surface area contributed by atoms with E-state index in [0.29, 0.717) is 0 Å². The first-order valence-electron chi connectivity index (χ1n) is 10.9. The Labute approximate surface area is 147 Å². The van der Waals surface area contributed by atoms with Crippen LogP contribution < -0.4 is 0 Å². The molecule has 0 rings (SSSR count). The van der Waals surface area contributed by atoms with Gasteiger partial charge in [-0.3, -0.25) is 0 Å². The second kappa shape index (κ2) is 21.7. The van der Waals surface area contributed by atoms with E-state index < -0.39 is 0 Å². The van der Waals surface area contributed by atoms with E-state index in [1.165, 1.54) is 116 Å². The summed E-state index contributed by atoms with van der Waals surface area (Å²) in [5.41, 5.74) is 0. The van der Waals surface area contributed by atoms with Crippen LogP contribution in [0.3, 0.4) is 0 Å². The van der Waals surface area contributed by atoms with Gasteiger partial charge in [-0.15, -0.1) is 0 Å². The highest BCUT2D eigenvalue weighted by molar-refractivity contribution is 5.48. The normalized spacial score (nSPS) is 11.0. The lowest BCUT2D eigenvalue weighted by molar-refractivity contribution is -0.107. The predicted molar refractivity (Wildman–Crippen MR) is 104 cm³/mol. The zero-order chi connectivity index (χ0) is 16.8. The molecule has 0 aliphatic rings. The van der Waals surface area contributed by atoms with Crippen molar-refractivity contribution in [3.63, 3.8) is 0 Å². The first kappa shape index (κ1) is 22.7. The molecular weight excluding hydrogens is 280 g/mol. The summed E-state index contributed by atoms with van der Waals surface area (Å²) in [4.78, 5) is 10.2. The van der Waals surface area contributed by atoms with Gasteiger partial charge < -0.3 is 4.79 Å². The molecule has 0 aromatic heterocycles. The molecule has 0 aliphatic carbocycles. The Hall–Kier alpha value is -0.330. The van der Waals surface area contributed by atoms with Gasteiger partial charge in [0.05, 0.1) is 0 Å². The Balaban J connectivity index is 2.93. The Morgan fingerprint density at radius 1 is 0.435 bits per heavy atom. The van der Waals surface area contributed by atoms with Gasteiger partial charge in [0, 0.05) is 6.42 Å². The molecule has 0 aliphatic heterocycles. The first-order chi connectivity index (χ1) is 11.4. The predicted octanol–water partition coefficient (Wildman–Crippen LogP) is 8.01. The van der Waals surface area contributed by atoms with Gasteiger partial charge in [0.2, 0.25) is 0 Å². The van der Waals surface area contributed by atoms with Gasteiger partial charge in [-0.1, -0.05) is 122 Å². The number of hydrogen-bond donors (Lipinski definition) is 0. The number of unbranched alkanes of at least 4 members (excludes halogenated alkanes) is 19. The molecule has 23 heavy (non-hydrogen) atoms. The fourth-order valence-corrected chi connectivity index (χ4v) is 3.31. The SMILES string of the molecule is CCCCCCCCCCCCCCCCCCCCCC=O. The highest BCUT2D eigenvalue weighted by Crippen LogP contribution is 2.14. The Kier molecular flexibility index (Phi) is 21.4. The highest BCUT2D eigenvalue weighted by Gasteiger charge is 1.95. The van der Waals surface area contributed by atoms with Crippen molar-refractivity contribution in [2.24, 2.45) is 0 Å². The largest absolute Gasteiger partial charge is 0.303 e. The van der Waals surface area contributed by atoms with E-state index in [0.717, 1.165) is 19.1 Å². The summed E-state index contributed by atoms with van der Waals surface area (Å²) in [7, 11) is 0. The average Bonchev–Trinajstić information content (AvgIpc) is 2.57. The molecule has 0 aromatic rings. The van der Waals surface area contributed by atoms with E-state index in [-0.39, 0.29) is 0 Å². The third kappa shape index (κ3) is 21.7. The van der Waals surface area contributed by atoms with Gasteiger partial charge in [-0.05, 0) is 6.42 Å². The monoisotopic (exact) mass is 324 g/mol. The van der Waals surface area contributed by atoms with Crippen LogP contribution in [0.25, 0.3) is 0 Å². The topological polar surface area (TPSA) is 17.1 Å². The van der Waals surface area contributed by atoms with Crippen molar-refractivity contribution in [2.75, 3.05) is 0 Å². The highest BCUT2D eigenvalue weighted by atomic mass is 16.1. The summed E-state index contributed by atoms with van der Waals surface area (Å²) < 4.78 is 0. The van der Waals surface area contributed by atoms with Crippen LogP contribution in [0.1, 0.15) is 135 Å². The first-order valence-corrected chi connectivity index (χ1v) is 10.9. The minimum atomic E-state index is 0.763. The van der Waals surface area contributed by atoms with Crippen LogP contribution in [0, 0.1) is 0 Å². The van der Waals surface area contributed by atoms with Crippen molar-refractivity contribution in [3.05, 3.63) is 0 Å². The zero-order valence-electron chi connectivity index (χ0n) is 16.1. The molecular formula is C22H44O. The quantitative estimate of drug-likeness (QED) is 0.164. The van der Waals surface area contributed by atoms with Crippen molar-refractivity contribution in [1.82, 2.24) is 0 Å². The van der Waals surface area contributed by atoms with Gasteiger partial charge in [0.1, 0.15) is 6.29 Å². The molecule has 0 atom stereocenters. The minimum absolute atomic E-state index is 0.763. The Morgan fingerprint density at radius 3 is 0.957 bits per heavy atom. The van der Waals surface area contributed by atoms with E-state index in [2.05, 4.69) is 6.92 Å². The molecule has 0 N–H and O–H groups in total. The second-order valence-electron chi connectivity index (χ2n) is 7.32. The summed E-state index contributed by atoms with van der Waals surface area (Å²) in [6.45, 7) is 2.29. The summed E-state index contributed by atoms with van der Waals surface area (Å²) in [6, 6.07) is 0. The number of aldehydes is 1. The molecule has 0 aromatic carbocycles. The van der Waals surface area contributed by atoms with Gasteiger partial charge in [0.15, 0.2) is 0 Å². The Morgan fingerprint density at radius 2 is 0.696 bits per heavy atom. The summed E-state index contributed by atoms with van der Waals surface area (Å²) >= 11 is 0. The van der Waals surface area contributed by atoms with Crippen molar-refractivity contribution >= 4 is 6.29 Å². The molecule has 0 radical (unpaired) electrons. The summed E-state index contributed by atoms with van der Waals surface area (Å²) in [6.07, 6.45) is 28.5. The maximum atomic E-state index is 10.2. The number of rotatable bonds is 20. The number of hydrogen-bond acceptors (Lipinski definition) is 1. The maximum absolute atomic E-state index is 10.2. The van der Waals surface area contributed by atoms with Gasteiger partial charge in [-0.25, -0.2) is 0 Å². The van der Waals surface area contributed by atoms with Crippen LogP contribution >= 0.6 is 0 Å². The van der Waals surface area contributed by atoms with Crippen LogP contribution in [-0.2, 0) is 4.79 Å². The van der Waals surface area contributed by atoms with Crippen LogP contribution in [0.5, 0.6) is 0 Å². The van der Waals surface area contributed by atoms with Crippen molar-refractivity contribution in [1.29, 1.82) is 0 Å². The molecule has 138 valence electrons. The van der Waals surface area contributed by atoms with Crippen molar-refractivity contribution in [2.45, 2.75) is 135 Å². The molecule has 0 heterocycles. The summed E-state index contributed by atoms with van der Waals surface area (Å²) in [5.74, 6) is 0. The lowest BCUT2D eigenvalue weighted by Gasteiger charge is -2.03. The average molecular weight is 325 g/mol. The van der Waals surface area contributed by atoms with Crippen molar-refractivity contribution in [3.8, 4) is 0 Å². The minimum Gasteiger partial charge on any atom is -0.303 e. The fraction of sp³-hybridized carbons (Fsp3) is 0.955. The summed E-state index contributed by atoms with van der Waals surface area (Å²) in [5, 5.41) is 0. The van der Waals surface area contributed by atoms with Crippen molar-refractivity contribution < 1.29 is 4.79 Å². The molecule has 0 amide bonds. The standard InChI is InChI=1S/C22H44O/c1-2-3-4-5-6-7-8-9-10-11-12-13-14-15-16-17-18-19-20-21-22-23/h22H,2-21H2,1H3. The molecule has 0 fully saturated rings. The van der Waals surface area contributed by atoms with E-state index in [9.17, 15) is 4.79 Å². The van der Waals surface area contributed by atoms with E-state index in [4.69, 9.17) is 0 Å². The van der Waals surface area contributed by atoms with E-state index >= 15 is 0 Å². The van der Waals surface area contributed by atoms with Gasteiger partial charge in [-0.2, -0.15) is 0 Å². The molecule has 0 saturated heterocycles. The number of carbonyl (C=O) groups is 1. The third-order valence-electron chi connectivity index (χ3n) is 4.93. The fourth-order valence-electron chi connectivity index (χ4n) is 3.31. The lowest BCUT2D eigenvalue weighted by atomic mass is 10.0. The maximum Gasteiger partial charge on any atom is 0.119 e.